The second-order valence-corrected chi connectivity index (χ2v) is 4.52. The fraction of sp³-hybridized carbons (Fsp3) is 0.692. The van der Waals surface area contributed by atoms with Crippen molar-refractivity contribution < 1.29 is 0 Å². The van der Waals surface area contributed by atoms with Crippen molar-refractivity contribution >= 4 is 0 Å². The van der Waals surface area contributed by atoms with Crippen LogP contribution >= 0.6 is 0 Å². The molecule has 1 unspecified atom stereocenters. The zero-order valence-corrected chi connectivity index (χ0v) is 8.84. The highest BCUT2D eigenvalue weighted by molar-refractivity contribution is 5.34. The van der Waals surface area contributed by atoms with Crippen molar-refractivity contribution in [1.29, 1.82) is 0 Å². The smallest absolute Gasteiger partial charge is 0.0188 e. The minimum atomic E-state index is 0.824. The Labute approximate surface area is 81.7 Å². The first-order valence-electron chi connectivity index (χ1n) is 5.72. The Bertz CT molecular complexity index is 245. The van der Waals surface area contributed by atoms with E-state index < -0.39 is 0 Å². The number of hydrogen-bond donors (Lipinski definition) is 0. The van der Waals surface area contributed by atoms with Crippen molar-refractivity contribution in [3.8, 4) is 0 Å². The predicted octanol–water partition coefficient (Wildman–Crippen LogP) is 4.09. The molecule has 13 heavy (non-hydrogen) atoms. The summed E-state index contributed by atoms with van der Waals surface area (Å²) in [6.45, 7) is 4.73. The molecule has 0 bridgehead atoms. The van der Waals surface area contributed by atoms with Crippen LogP contribution in [0, 0.1) is 11.8 Å². The van der Waals surface area contributed by atoms with Crippen LogP contribution in [0.15, 0.2) is 23.3 Å². The minimum absolute atomic E-state index is 0.824. The Kier molecular flexibility index (Phi) is 2.57. The minimum Gasteiger partial charge on any atom is -0.0837 e. The molecule has 0 saturated carbocycles. The van der Waals surface area contributed by atoms with Crippen molar-refractivity contribution in [3.05, 3.63) is 23.3 Å². The molecule has 0 radical (unpaired) electrons. The fourth-order valence-corrected chi connectivity index (χ4v) is 2.96. The second kappa shape index (κ2) is 3.69. The molecule has 0 heterocycles. The Hall–Kier alpha value is -0.520. The van der Waals surface area contributed by atoms with Gasteiger partial charge in [0.15, 0.2) is 0 Å². The van der Waals surface area contributed by atoms with Crippen LogP contribution in [0.3, 0.4) is 0 Å². The highest BCUT2D eigenvalue weighted by Gasteiger charge is 2.25. The first-order valence-corrected chi connectivity index (χ1v) is 5.72. The van der Waals surface area contributed by atoms with E-state index in [2.05, 4.69) is 26.0 Å². The summed E-state index contributed by atoms with van der Waals surface area (Å²) < 4.78 is 0. The largest absolute Gasteiger partial charge is 0.0837 e. The van der Waals surface area contributed by atoms with Crippen molar-refractivity contribution in [3.63, 3.8) is 0 Å². The Morgan fingerprint density at radius 1 is 1.46 bits per heavy atom. The molecule has 0 amide bonds. The van der Waals surface area contributed by atoms with Crippen LogP contribution in [0.1, 0.15) is 46.0 Å². The Balaban J connectivity index is 2.31. The maximum Gasteiger partial charge on any atom is -0.0188 e. The molecule has 72 valence electrons. The quantitative estimate of drug-likeness (QED) is 0.564. The van der Waals surface area contributed by atoms with Crippen molar-refractivity contribution in [2.24, 2.45) is 11.8 Å². The molecule has 0 aromatic carbocycles. The third-order valence-corrected chi connectivity index (χ3v) is 3.64. The summed E-state index contributed by atoms with van der Waals surface area (Å²) in [5.41, 5.74) is 3.48. The molecule has 2 atom stereocenters. The first kappa shape index (κ1) is 9.05. The van der Waals surface area contributed by atoms with Gasteiger partial charge < -0.3 is 0 Å². The monoisotopic (exact) mass is 176 g/mol. The summed E-state index contributed by atoms with van der Waals surface area (Å²) in [6, 6.07) is 0. The van der Waals surface area contributed by atoms with Gasteiger partial charge in [-0.2, -0.15) is 0 Å². The van der Waals surface area contributed by atoms with Gasteiger partial charge in [-0.15, -0.1) is 0 Å². The molecule has 2 aliphatic rings. The highest BCUT2D eigenvalue weighted by Crippen LogP contribution is 2.40. The van der Waals surface area contributed by atoms with Gasteiger partial charge in [-0.05, 0) is 49.5 Å². The summed E-state index contributed by atoms with van der Waals surface area (Å²) in [6.07, 6.45) is 11.6. The summed E-state index contributed by atoms with van der Waals surface area (Å²) in [5, 5.41) is 0. The van der Waals surface area contributed by atoms with Crippen LogP contribution in [-0.2, 0) is 0 Å². The van der Waals surface area contributed by atoms with Crippen molar-refractivity contribution in [1.82, 2.24) is 0 Å². The maximum absolute atomic E-state index is 2.40. The van der Waals surface area contributed by atoms with Gasteiger partial charge in [0, 0.05) is 0 Å². The Morgan fingerprint density at radius 3 is 3.08 bits per heavy atom. The van der Waals surface area contributed by atoms with Crippen LogP contribution in [0.4, 0.5) is 0 Å². The SMILES string of the molecule is CC[C@@H]1CCCC2=C1C(C)CC=C2. The number of hydrogen-bond acceptors (Lipinski definition) is 0. The topological polar surface area (TPSA) is 0 Å². The summed E-state index contributed by atoms with van der Waals surface area (Å²) >= 11 is 0. The van der Waals surface area contributed by atoms with E-state index in [0.29, 0.717) is 0 Å². The van der Waals surface area contributed by atoms with Crippen molar-refractivity contribution in [2.75, 3.05) is 0 Å². The van der Waals surface area contributed by atoms with E-state index in [-0.39, 0.29) is 0 Å². The van der Waals surface area contributed by atoms with Crippen molar-refractivity contribution in [2.45, 2.75) is 46.0 Å². The van der Waals surface area contributed by atoms with E-state index >= 15 is 0 Å². The summed E-state index contributed by atoms with van der Waals surface area (Å²) in [7, 11) is 0. The highest BCUT2D eigenvalue weighted by atomic mass is 14.3. The molecular weight excluding hydrogens is 156 g/mol. The average Bonchev–Trinajstić information content (AvgIpc) is 2.17. The molecule has 0 saturated heterocycles. The molecular formula is C13H20. The Morgan fingerprint density at radius 2 is 2.31 bits per heavy atom. The van der Waals surface area contributed by atoms with Gasteiger partial charge in [0.2, 0.25) is 0 Å². The van der Waals surface area contributed by atoms with E-state index in [0.717, 1.165) is 11.8 Å². The van der Waals surface area contributed by atoms with Crippen LogP contribution in [0.5, 0.6) is 0 Å². The summed E-state index contributed by atoms with van der Waals surface area (Å²) in [5.74, 6) is 1.73. The lowest BCUT2D eigenvalue weighted by atomic mass is 9.73. The molecule has 0 nitrogen and oxygen atoms in total. The first-order chi connectivity index (χ1) is 6.33. The van der Waals surface area contributed by atoms with Gasteiger partial charge in [-0.3, -0.25) is 0 Å². The number of allylic oxidation sites excluding steroid dienone is 4. The lowest BCUT2D eigenvalue weighted by Crippen LogP contribution is -2.18. The fourth-order valence-electron chi connectivity index (χ4n) is 2.96. The third-order valence-electron chi connectivity index (χ3n) is 3.64. The van der Waals surface area contributed by atoms with E-state index in [1.165, 1.54) is 32.1 Å². The molecule has 0 aromatic heterocycles. The standard InChI is InChI=1S/C13H20/c1-3-11-7-5-9-12-8-4-6-10(2)13(11)12/h4,8,10-11H,3,5-7,9H2,1-2H3/t10?,11-/m1/s1. The molecule has 0 spiro atoms. The van der Waals surface area contributed by atoms with Gasteiger partial charge in [0.1, 0.15) is 0 Å². The second-order valence-electron chi connectivity index (χ2n) is 4.52. The zero-order valence-electron chi connectivity index (χ0n) is 8.84. The van der Waals surface area contributed by atoms with Gasteiger partial charge in [-0.25, -0.2) is 0 Å². The average molecular weight is 176 g/mol. The van der Waals surface area contributed by atoms with E-state index in [1.807, 2.05) is 0 Å². The van der Waals surface area contributed by atoms with Gasteiger partial charge >= 0.3 is 0 Å². The lowest BCUT2D eigenvalue weighted by Gasteiger charge is -2.33. The van der Waals surface area contributed by atoms with Gasteiger partial charge in [0.05, 0.1) is 0 Å². The third kappa shape index (κ3) is 1.59. The van der Waals surface area contributed by atoms with E-state index in [9.17, 15) is 0 Å². The zero-order chi connectivity index (χ0) is 9.26. The molecule has 0 aromatic rings. The van der Waals surface area contributed by atoms with Gasteiger partial charge in [-0.1, -0.05) is 31.6 Å². The summed E-state index contributed by atoms with van der Waals surface area (Å²) in [4.78, 5) is 0. The molecule has 2 aliphatic carbocycles. The molecule has 0 fully saturated rings. The molecule has 2 rings (SSSR count). The lowest BCUT2D eigenvalue weighted by molar-refractivity contribution is 0.430. The maximum atomic E-state index is 2.40. The normalized spacial score (nSPS) is 33.4. The van der Waals surface area contributed by atoms with Crippen LogP contribution in [0.2, 0.25) is 0 Å². The van der Waals surface area contributed by atoms with Crippen LogP contribution in [-0.4, -0.2) is 0 Å². The van der Waals surface area contributed by atoms with E-state index in [1.54, 1.807) is 11.1 Å². The predicted molar refractivity (Wildman–Crippen MR) is 57.6 cm³/mol. The van der Waals surface area contributed by atoms with Crippen LogP contribution in [0.25, 0.3) is 0 Å². The van der Waals surface area contributed by atoms with E-state index in [4.69, 9.17) is 0 Å². The molecule has 0 aliphatic heterocycles. The molecule has 0 heteroatoms. The molecule has 0 N–H and O–H groups in total. The van der Waals surface area contributed by atoms with Gasteiger partial charge in [0.25, 0.3) is 0 Å². The van der Waals surface area contributed by atoms with Crippen LogP contribution < -0.4 is 0 Å². The number of rotatable bonds is 1.